The van der Waals surface area contributed by atoms with Crippen molar-refractivity contribution in [1.29, 1.82) is 0 Å². The van der Waals surface area contributed by atoms with Crippen molar-refractivity contribution in [3.8, 4) is 23.0 Å². The predicted molar refractivity (Wildman–Crippen MR) is 139 cm³/mol. The highest BCUT2D eigenvalue weighted by molar-refractivity contribution is 6.09. The molecule has 5 aromatic carbocycles. The first-order valence-corrected chi connectivity index (χ1v) is 11.7. The molecular weight excluding hydrogens is 486 g/mol. The number of benzene rings is 5. The molecule has 0 aliphatic carbocycles. The third kappa shape index (κ3) is 5.82. The zero-order valence-corrected chi connectivity index (χ0v) is 19.9. The molecule has 38 heavy (non-hydrogen) atoms. The van der Waals surface area contributed by atoms with E-state index < -0.39 is 11.6 Å². The molecule has 0 atom stereocenters. The maximum Gasteiger partial charge on any atom is 0.193 e. The number of ether oxygens (including phenoxy) is 2. The van der Waals surface area contributed by atoms with Gasteiger partial charge in [0.25, 0.3) is 0 Å². The zero-order valence-electron chi connectivity index (χ0n) is 19.9. The van der Waals surface area contributed by atoms with Gasteiger partial charge in [-0.15, -0.1) is 0 Å². The average Bonchev–Trinajstić information content (AvgIpc) is 2.95. The van der Waals surface area contributed by atoms with Crippen LogP contribution in [0.25, 0.3) is 0 Å². The lowest BCUT2D eigenvalue weighted by Crippen LogP contribution is -2.01. The highest BCUT2D eigenvalue weighted by Crippen LogP contribution is 2.28. The molecule has 0 unspecified atom stereocenters. The molecule has 5 rings (SSSR count). The molecule has 0 saturated carbocycles. The summed E-state index contributed by atoms with van der Waals surface area (Å²) in [7, 11) is 0. The van der Waals surface area contributed by atoms with Crippen molar-refractivity contribution >= 4 is 11.6 Å². The van der Waals surface area contributed by atoms with Crippen LogP contribution in [-0.4, -0.2) is 11.6 Å². The molecule has 0 aliphatic heterocycles. The lowest BCUT2D eigenvalue weighted by Gasteiger charge is -2.09. The van der Waals surface area contributed by atoms with E-state index in [2.05, 4.69) is 0 Å². The molecular formula is C32H20F2O4. The van der Waals surface area contributed by atoms with Crippen molar-refractivity contribution in [1.82, 2.24) is 0 Å². The Labute approximate surface area is 217 Å². The Morgan fingerprint density at radius 1 is 0.368 bits per heavy atom. The zero-order chi connectivity index (χ0) is 26.5. The van der Waals surface area contributed by atoms with Crippen LogP contribution >= 0.6 is 0 Å². The molecule has 0 aliphatic rings. The van der Waals surface area contributed by atoms with Gasteiger partial charge in [-0.1, -0.05) is 0 Å². The molecule has 0 radical (unpaired) electrons. The van der Waals surface area contributed by atoms with Gasteiger partial charge >= 0.3 is 0 Å². The Balaban J connectivity index is 1.18. The van der Waals surface area contributed by atoms with E-state index in [1.807, 2.05) is 0 Å². The fourth-order valence-electron chi connectivity index (χ4n) is 3.73. The van der Waals surface area contributed by atoms with Gasteiger partial charge < -0.3 is 9.47 Å². The minimum absolute atomic E-state index is 0.203. The van der Waals surface area contributed by atoms with E-state index in [1.165, 1.54) is 48.5 Å². The summed E-state index contributed by atoms with van der Waals surface area (Å²) in [5.74, 6) is 1.07. The van der Waals surface area contributed by atoms with E-state index in [9.17, 15) is 18.4 Å². The summed E-state index contributed by atoms with van der Waals surface area (Å²) in [5.41, 5.74) is 1.76. The van der Waals surface area contributed by atoms with Gasteiger partial charge in [0.2, 0.25) is 0 Å². The summed E-state index contributed by atoms with van der Waals surface area (Å²) in [6.45, 7) is 0. The first-order valence-electron chi connectivity index (χ1n) is 11.7. The molecule has 5 aromatic rings. The van der Waals surface area contributed by atoms with Gasteiger partial charge in [0, 0.05) is 22.3 Å². The fourth-order valence-corrected chi connectivity index (χ4v) is 3.73. The van der Waals surface area contributed by atoms with Crippen molar-refractivity contribution in [2.75, 3.05) is 0 Å². The number of halogens is 2. The predicted octanol–water partition coefficient (Wildman–Crippen LogP) is 8.01. The van der Waals surface area contributed by atoms with Crippen LogP contribution < -0.4 is 9.47 Å². The van der Waals surface area contributed by atoms with E-state index in [1.54, 1.807) is 72.8 Å². The topological polar surface area (TPSA) is 52.6 Å². The fraction of sp³-hybridized carbons (Fsp3) is 0. The van der Waals surface area contributed by atoms with Gasteiger partial charge in [-0.25, -0.2) is 8.78 Å². The van der Waals surface area contributed by atoms with Crippen molar-refractivity contribution in [2.24, 2.45) is 0 Å². The Kier molecular flexibility index (Phi) is 7.04. The summed E-state index contributed by atoms with van der Waals surface area (Å²) >= 11 is 0. The third-order valence-corrected chi connectivity index (χ3v) is 5.74. The Morgan fingerprint density at radius 3 is 0.842 bits per heavy atom. The minimum atomic E-state index is -0.394. The van der Waals surface area contributed by atoms with E-state index in [-0.39, 0.29) is 11.6 Å². The van der Waals surface area contributed by atoms with Gasteiger partial charge in [0.15, 0.2) is 11.6 Å². The summed E-state index contributed by atoms with van der Waals surface area (Å²) in [4.78, 5) is 25.1. The van der Waals surface area contributed by atoms with Crippen LogP contribution in [0.2, 0.25) is 0 Å². The number of hydrogen-bond donors (Lipinski definition) is 0. The van der Waals surface area contributed by atoms with Crippen LogP contribution in [-0.2, 0) is 0 Å². The second kappa shape index (κ2) is 10.9. The normalized spacial score (nSPS) is 10.6. The maximum atomic E-state index is 13.1. The molecule has 0 heterocycles. The minimum Gasteiger partial charge on any atom is -0.457 e. The molecule has 0 spiro atoms. The van der Waals surface area contributed by atoms with Crippen molar-refractivity contribution in [2.45, 2.75) is 0 Å². The molecule has 4 nitrogen and oxygen atoms in total. The van der Waals surface area contributed by atoms with Crippen LogP contribution in [0.4, 0.5) is 8.78 Å². The lowest BCUT2D eigenvalue weighted by atomic mass is 10.0. The molecule has 186 valence electrons. The Bertz CT molecular complexity index is 1440. The number of hydrogen-bond acceptors (Lipinski definition) is 4. The van der Waals surface area contributed by atoms with Gasteiger partial charge in [0.1, 0.15) is 34.6 Å². The van der Waals surface area contributed by atoms with E-state index >= 15 is 0 Å². The molecule has 0 saturated heterocycles. The smallest absolute Gasteiger partial charge is 0.193 e. The first-order chi connectivity index (χ1) is 18.4. The standard InChI is InChI=1S/C32H20F2O4/c33-25-9-1-21(2-10-25)31(35)23-5-13-27(14-6-23)37-29-17-19-30(20-18-29)38-28-15-7-24(8-16-28)32(36)22-3-11-26(34)12-4-22/h1-20H. The second-order valence-electron chi connectivity index (χ2n) is 8.40. The molecule has 0 amide bonds. The van der Waals surface area contributed by atoms with Crippen molar-refractivity contribution in [3.63, 3.8) is 0 Å². The summed E-state index contributed by atoms with van der Waals surface area (Å²) in [5, 5.41) is 0. The van der Waals surface area contributed by atoms with Crippen LogP contribution in [0, 0.1) is 11.6 Å². The van der Waals surface area contributed by atoms with Gasteiger partial charge in [-0.2, -0.15) is 0 Å². The maximum absolute atomic E-state index is 13.1. The Morgan fingerprint density at radius 2 is 0.579 bits per heavy atom. The largest absolute Gasteiger partial charge is 0.457 e. The summed E-state index contributed by atoms with van der Waals surface area (Å²) < 4.78 is 37.9. The highest BCUT2D eigenvalue weighted by atomic mass is 19.1. The average molecular weight is 507 g/mol. The molecule has 0 aromatic heterocycles. The van der Waals surface area contributed by atoms with Gasteiger partial charge in [0.05, 0.1) is 0 Å². The summed E-state index contributed by atoms with van der Waals surface area (Å²) in [6, 6.07) is 31.2. The highest BCUT2D eigenvalue weighted by Gasteiger charge is 2.11. The molecule has 0 N–H and O–H groups in total. The monoisotopic (exact) mass is 506 g/mol. The number of carbonyl (C=O) groups is 2. The third-order valence-electron chi connectivity index (χ3n) is 5.74. The van der Waals surface area contributed by atoms with Crippen LogP contribution in [0.5, 0.6) is 23.0 Å². The van der Waals surface area contributed by atoms with Gasteiger partial charge in [-0.3, -0.25) is 9.59 Å². The van der Waals surface area contributed by atoms with E-state index in [0.29, 0.717) is 45.3 Å². The van der Waals surface area contributed by atoms with Crippen LogP contribution in [0.15, 0.2) is 121 Å². The van der Waals surface area contributed by atoms with E-state index in [0.717, 1.165) is 0 Å². The van der Waals surface area contributed by atoms with Crippen LogP contribution in [0.1, 0.15) is 31.8 Å². The number of rotatable bonds is 8. The number of ketones is 2. The SMILES string of the molecule is O=C(c1ccc(F)cc1)c1ccc(Oc2ccc(Oc3ccc(C(=O)c4ccc(F)cc4)cc3)cc2)cc1. The molecule has 0 bridgehead atoms. The quantitative estimate of drug-likeness (QED) is 0.200. The molecule has 0 fully saturated rings. The lowest BCUT2D eigenvalue weighted by molar-refractivity contribution is 0.103. The first kappa shape index (κ1) is 24.6. The summed E-state index contributed by atoms with van der Waals surface area (Å²) in [6.07, 6.45) is 0. The Hall–Kier alpha value is -5.10. The van der Waals surface area contributed by atoms with Crippen LogP contribution in [0.3, 0.4) is 0 Å². The second-order valence-corrected chi connectivity index (χ2v) is 8.40. The van der Waals surface area contributed by atoms with Crippen molar-refractivity contribution in [3.05, 3.63) is 155 Å². The van der Waals surface area contributed by atoms with E-state index in [4.69, 9.17) is 9.47 Å². The van der Waals surface area contributed by atoms with Gasteiger partial charge in [-0.05, 0) is 121 Å². The molecule has 6 heteroatoms. The van der Waals surface area contributed by atoms with Crippen molar-refractivity contribution < 1.29 is 27.8 Å². The number of carbonyl (C=O) groups excluding carboxylic acids is 2.